The molecule has 0 N–H and O–H groups in total. The zero-order valence-electron chi connectivity index (χ0n) is 17.0. The number of hydrogen-bond donors (Lipinski definition) is 0. The maximum atomic E-state index is 4.04. The first-order valence-corrected chi connectivity index (χ1v) is 10.2. The molecule has 0 bridgehead atoms. The van der Waals surface area contributed by atoms with Crippen LogP contribution >= 0.6 is 0 Å². The van der Waals surface area contributed by atoms with Gasteiger partial charge in [0.2, 0.25) is 0 Å². The highest BCUT2D eigenvalue weighted by Crippen LogP contribution is 2.34. The van der Waals surface area contributed by atoms with Crippen LogP contribution in [0.3, 0.4) is 0 Å². The molecular weight excluding hydrogens is 302 g/mol. The van der Waals surface area contributed by atoms with Crippen molar-refractivity contribution in [2.24, 2.45) is 0 Å². The number of aryl methyl sites for hydroxylation is 1. The van der Waals surface area contributed by atoms with Crippen LogP contribution in [-0.4, -0.2) is 24.5 Å². The molecule has 0 radical (unpaired) electrons. The Labute approximate surface area is 155 Å². The molecule has 1 fully saturated rings. The molecule has 0 saturated carbocycles. The molecule has 3 rings (SSSR count). The topological polar surface area (TPSA) is 3.24 Å². The van der Waals surface area contributed by atoms with E-state index >= 15 is 0 Å². The van der Waals surface area contributed by atoms with E-state index in [0.717, 1.165) is 5.57 Å². The number of nitrogens with zero attached hydrogens (tertiary/aromatic N) is 1. The summed E-state index contributed by atoms with van der Waals surface area (Å²) in [4.78, 5) is 2.54. The van der Waals surface area contributed by atoms with Gasteiger partial charge in [-0.2, -0.15) is 0 Å². The SMILES string of the molecule is C=C(C)c1ccc(C)c(C2=C(C)CCCC2)c1.CCCN1CCCC1. The van der Waals surface area contributed by atoms with Crippen LogP contribution in [0.1, 0.15) is 82.4 Å². The maximum absolute atomic E-state index is 4.04. The summed E-state index contributed by atoms with van der Waals surface area (Å²) in [6, 6.07) is 6.73. The summed E-state index contributed by atoms with van der Waals surface area (Å²) in [5, 5.41) is 0. The van der Waals surface area contributed by atoms with Gasteiger partial charge in [0.15, 0.2) is 0 Å². The smallest absolute Gasteiger partial charge is 0.00183 e. The van der Waals surface area contributed by atoms with Crippen molar-refractivity contribution < 1.29 is 0 Å². The minimum atomic E-state index is 1.15. The first kappa shape index (κ1) is 20.0. The van der Waals surface area contributed by atoms with Crippen molar-refractivity contribution in [3.8, 4) is 0 Å². The molecule has 1 saturated heterocycles. The Hall–Kier alpha value is -1.34. The molecule has 1 heterocycles. The Morgan fingerprint density at radius 2 is 1.72 bits per heavy atom. The summed E-state index contributed by atoms with van der Waals surface area (Å²) in [6.07, 6.45) is 9.39. The molecule has 2 aliphatic rings. The molecule has 1 aromatic rings. The van der Waals surface area contributed by atoms with Crippen LogP contribution in [0.5, 0.6) is 0 Å². The Balaban J connectivity index is 0.000000236. The van der Waals surface area contributed by atoms with E-state index in [9.17, 15) is 0 Å². The first-order chi connectivity index (χ1) is 12.0. The van der Waals surface area contributed by atoms with Gasteiger partial charge in [0.1, 0.15) is 0 Å². The van der Waals surface area contributed by atoms with Crippen LogP contribution in [0.2, 0.25) is 0 Å². The van der Waals surface area contributed by atoms with Gasteiger partial charge in [0.05, 0.1) is 0 Å². The van der Waals surface area contributed by atoms with E-state index in [1.165, 1.54) is 81.3 Å². The third-order valence-corrected chi connectivity index (χ3v) is 5.54. The summed E-state index contributed by atoms with van der Waals surface area (Å²) in [7, 11) is 0. The minimum absolute atomic E-state index is 1.15. The van der Waals surface area contributed by atoms with Crippen molar-refractivity contribution in [2.75, 3.05) is 19.6 Å². The predicted molar refractivity (Wildman–Crippen MR) is 113 cm³/mol. The Kier molecular flexibility index (Phi) is 7.96. The Morgan fingerprint density at radius 3 is 2.32 bits per heavy atom. The summed E-state index contributed by atoms with van der Waals surface area (Å²) in [6.45, 7) is 16.9. The molecule has 0 aromatic heterocycles. The van der Waals surface area contributed by atoms with Gasteiger partial charge in [-0.15, -0.1) is 0 Å². The van der Waals surface area contributed by atoms with E-state index in [1.54, 1.807) is 11.1 Å². The van der Waals surface area contributed by atoms with Crippen LogP contribution in [0.25, 0.3) is 11.1 Å². The number of benzene rings is 1. The van der Waals surface area contributed by atoms with E-state index < -0.39 is 0 Å². The molecule has 0 atom stereocenters. The van der Waals surface area contributed by atoms with Gasteiger partial charge < -0.3 is 4.90 Å². The molecule has 138 valence electrons. The third-order valence-electron chi connectivity index (χ3n) is 5.54. The average molecular weight is 340 g/mol. The molecule has 1 aromatic carbocycles. The van der Waals surface area contributed by atoms with Crippen LogP contribution in [0.4, 0.5) is 0 Å². The second kappa shape index (κ2) is 9.97. The standard InChI is InChI=1S/C17H22.C7H15N/c1-12(2)15-10-9-14(4)17(11-15)16-8-6-5-7-13(16)3;1-2-5-8-6-3-4-7-8/h9-11H,1,5-8H2,2-4H3;2-7H2,1H3. The van der Waals surface area contributed by atoms with Gasteiger partial charge in [0, 0.05) is 0 Å². The van der Waals surface area contributed by atoms with Crippen molar-refractivity contribution in [3.05, 3.63) is 47.0 Å². The second-order valence-corrected chi connectivity index (χ2v) is 7.82. The zero-order valence-corrected chi connectivity index (χ0v) is 17.0. The number of likely N-dealkylation sites (tertiary alicyclic amines) is 1. The molecular formula is C24H37N. The fraction of sp³-hybridized carbons (Fsp3) is 0.583. The highest BCUT2D eigenvalue weighted by molar-refractivity contribution is 5.75. The van der Waals surface area contributed by atoms with Gasteiger partial charge in [-0.3, -0.25) is 0 Å². The van der Waals surface area contributed by atoms with E-state index in [2.05, 4.69) is 57.4 Å². The second-order valence-electron chi connectivity index (χ2n) is 7.82. The lowest BCUT2D eigenvalue weighted by Crippen LogP contribution is -2.19. The van der Waals surface area contributed by atoms with Crippen LogP contribution in [-0.2, 0) is 0 Å². The zero-order chi connectivity index (χ0) is 18.2. The van der Waals surface area contributed by atoms with Gasteiger partial charge in [0.25, 0.3) is 0 Å². The Bertz CT molecular complexity index is 603. The van der Waals surface area contributed by atoms with Crippen molar-refractivity contribution in [2.45, 2.75) is 72.6 Å². The summed E-state index contributed by atoms with van der Waals surface area (Å²) >= 11 is 0. The van der Waals surface area contributed by atoms with Gasteiger partial charge >= 0.3 is 0 Å². The van der Waals surface area contributed by atoms with Crippen LogP contribution in [0.15, 0.2) is 30.4 Å². The minimum Gasteiger partial charge on any atom is -0.303 e. The normalized spacial score (nSPS) is 18.1. The van der Waals surface area contributed by atoms with Gasteiger partial charge in [-0.25, -0.2) is 0 Å². The highest BCUT2D eigenvalue weighted by atomic mass is 15.1. The van der Waals surface area contributed by atoms with Gasteiger partial charge in [-0.05, 0) is 114 Å². The van der Waals surface area contributed by atoms with Crippen molar-refractivity contribution in [1.29, 1.82) is 0 Å². The largest absolute Gasteiger partial charge is 0.303 e. The predicted octanol–water partition coefficient (Wildman–Crippen LogP) is 6.87. The van der Waals surface area contributed by atoms with Gasteiger partial charge in [-0.1, -0.05) is 36.8 Å². The molecule has 25 heavy (non-hydrogen) atoms. The maximum Gasteiger partial charge on any atom is -0.00183 e. The fourth-order valence-corrected chi connectivity index (χ4v) is 3.96. The molecule has 1 aliphatic heterocycles. The summed E-state index contributed by atoms with van der Waals surface area (Å²) in [5.74, 6) is 0. The van der Waals surface area contributed by atoms with Crippen LogP contribution in [0, 0.1) is 6.92 Å². The Morgan fingerprint density at radius 1 is 1.04 bits per heavy atom. The molecule has 1 nitrogen and oxygen atoms in total. The first-order valence-electron chi connectivity index (χ1n) is 10.2. The number of allylic oxidation sites excluding steroid dienone is 3. The average Bonchev–Trinajstić information content (AvgIpc) is 3.10. The van der Waals surface area contributed by atoms with Crippen LogP contribution < -0.4 is 0 Å². The molecule has 0 spiro atoms. The molecule has 0 unspecified atom stereocenters. The van der Waals surface area contributed by atoms with E-state index in [-0.39, 0.29) is 0 Å². The van der Waals surface area contributed by atoms with Crippen molar-refractivity contribution in [1.82, 2.24) is 4.90 Å². The highest BCUT2D eigenvalue weighted by Gasteiger charge is 2.13. The quantitative estimate of drug-likeness (QED) is 0.578. The van der Waals surface area contributed by atoms with E-state index in [1.807, 2.05) is 0 Å². The lowest BCUT2D eigenvalue weighted by Gasteiger charge is -2.20. The lowest BCUT2D eigenvalue weighted by molar-refractivity contribution is 0.339. The fourth-order valence-electron chi connectivity index (χ4n) is 3.96. The van der Waals surface area contributed by atoms with E-state index in [4.69, 9.17) is 0 Å². The number of rotatable bonds is 4. The molecule has 0 amide bonds. The number of hydrogen-bond acceptors (Lipinski definition) is 1. The van der Waals surface area contributed by atoms with E-state index in [0.29, 0.717) is 0 Å². The monoisotopic (exact) mass is 339 g/mol. The third kappa shape index (κ3) is 5.85. The lowest BCUT2D eigenvalue weighted by atomic mass is 9.85. The molecule has 1 aliphatic carbocycles. The summed E-state index contributed by atoms with van der Waals surface area (Å²) < 4.78 is 0. The summed E-state index contributed by atoms with van der Waals surface area (Å²) in [5.41, 5.74) is 8.43. The van der Waals surface area contributed by atoms with Crippen molar-refractivity contribution in [3.63, 3.8) is 0 Å². The molecule has 1 heteroatoms. The van der Waals surface area contributed by atoms with Crippen molar-refractivity contribution >= 4 is 11.1 Å².